The largest absolute Gasteiger partial charge is 0.465 e. The molecule has 0 aliphatic carbocycles. The summed E-state index contributed by atoms with van der Waals surface area (Å²) in [5, 5.41) is 0. The Labute approximate surface area is 158 Å². The van der Waals surface area contributed by atoms with Crippen LogP contribution in [0, 0.1) is 6.92 Å². The third kappa shape index (κ3) is 3.57. The molecule has 132 valence electrons. The van der Waals surface area contributed by atoms with Crippen LogP contribution in [0.15, 0.2) is 57.9 Å². The molecule has 2 aromatic heterocycles. The summed E-state index contributed by atoms with van der Waals surface area (Å²) in [5.74, 6) is 0.114. The summed E-state index contributed by atoms with van der Waals surface area (Å²) in [7, 11) is 1.33. The van der Waals surface area contributed by atoms with Gasteiger partial charge in [0.2, 0.25) is 0 Å². The topological polar surface area (TPSA) is 74.1 Å². The second-order valence-corrected chi connectivity index (χ2v) is 6.47. The van der Waals surface area contributed by atoms with Crippen molar-refractivity contribution in [3.8, 4) is 11.4 Å². The van der Waals surface area contributed by atoms with E-state index in [-0.39, 0.29) is 12.1 Å². The zero-order valence-electron chi connectivity index (χ0n) is 14.3. The summed E-state index contributed by atoms with van der Waals surface area (Å²) in [6.07, 6.45) is 1.50. The van der Waals surface area contributed by atoms with E-state index in [1.165, 1.54) is 13.3 Å². The van der Waals surface area contributed by atoms with Crippen LogP contribution < -0.4 is 5.56 Å². The molecule has 0 aliphatic heterocycles. The van der Waals surface area contributed by atoms with Crippen molar-refractivity contribution in [3.05, 3.63) is 80.4 Å². The number of pyridine rings is 1. The molecule has 26 heavy (non-hydrogen) atoms. The molecule has 0 saturated carbocycles. The SMILES string of the molecule is COC(=O)c1ccc(Cn2c(-c3ccccc3)ncc(Br)c2=O)nc1C. The van der Waals surface area contributed by atoms with Crippen molar-refractivity contribution in [2.24, 2.45) is 0 Å². The molecule has 3 rings (SSSR count). The second kappa shape index (κ2) is 7.61. The van der Waals surface area contributed by atoms with Gasteiger partial charge in [-0.15, -0.1) is 0 Å². The van der Waals surface area contributed by atoms with Crippen LogP contribution in [-0.2, 0) is 11.3 Å². The zero-order chi connectivity index (χ0) is 18.7. The second-order valence-electron chi connectivity index (χ2n) is 5.61. The molecule has 0 aliphatic rings. The highest BCUT2D eigenvalue weighted by Crippen LogP contribution is 2.18. The number of methoxy groups -OCH3 is 1. The van der Waals surface area contributed by atoms with Crippen molar-refractivity contribution in [1.82, 2.24) is 14.5 Å². The summed E-state index contributed by atoms with van der Waals surface area (Å²) in [4.78, 5) is 33.2. The normalized spacial score (nSPS) is 10.6. The number of ether oxygens (including phenoxy) is 1. The minimum Gasteiger partial charge on any atom is -0.465 e. The molecule has 0 bridgehead atoms. The maximum atomic E-state index is 12.6. The van der Waals surface area contributed by atoms with Crippen LogP contribution in [0.4, 0.5) is 0 Å². The molecule has 2 heterocycles. The number of hydrogen-bond donors (Lipinski definition) is 0. The van der Waals surface area contributed by atoms with Gasteiger partial charge in [0.1, 0.15) is 10.3 Å². The van der Waals surface area contributed by atoms with Gasteiger partial charge in [-0.2, -0.15) is 0 Å². The Hall–Kier alpha value is -2.80. The fraction of sp³-hybridized carbons (Fsp3) is 0.158. The van der Waals surface area contributed by atoms with E-state index in [2.05, 4.69) is 25.9 Å². The highest BCUT2D eigenvalue weighted by atomic mass is 79.9. The van der Waals surface area contributed by atoms with E-state index in [0.717, 1.165) is 5.56 Å². The summed E-state index contributed by atoms with van der Waals surface area (Å²) in [6, 6.07) is 12.8. The first kappa shape index (κ1) is 18.0. The Morgan fingerprint density at radius 3 is 2.58 bits per heavy atom. The minimum atomic E-state index is -0.437. The van der Waals surface area contributed by atoms with E-state index in [1.807, 2.05) is 30.3 Å². The monoisotopic (exact) mass is 413 g/mol. The molecule has 7 heteroatoms. The first-order valence-corrected chi connectivity index (χ1v) is 8.66. The minimum absolute atomic E-state index is 0.199. The van der Waals surface area contributed by atoms with Crippen LogP contribution in [0.3, 0.4) is 0 Å². The molecule has 0 amide bonds. The van der Waals surface area contributed by atoms with Gasteiger partial charge in [0.15, 0.2) is 0 Å². The smallest absolute Gasteiger partial charge is 0.339 e. The van der Waals surface area contributed by atoms with Crippen LogP contribution >= 0.6 is 15.9 Å². The quantitative estimate of drug-likeness (QED) is 0.613. The summed E-state index contributed by atoms with van der Waals surface area (Å²) < 4.78 is 6.67. The van der Waals surface area contributed by atoms with Crippen LogP contribution in [-0.4, -0.2) is 27.6 Å². The third-order valence-corrected chi connectivity index (χ3v) is 4.45. The molecule has 3 aromatic rings. The van der Waals surface area contributed by atoms with Gasteiger partial charge in [0, 0.05) is 11.8 Å². The van der Waals surface area contributed by atoms with E-state index in [4.69, 9.17) is 4.74 Å². The molecule has 0 radical (unpaired) electrons. The Bertz CT molecular complexity index is 1020. The molecule has 0 saturated heterocycles. The van der Waals surface area contributed by atoms with Gasteiger partial charge in [0.05, 0.1) is 30.6 Å². The number of hydrogen-bond acceptors (Lipinski definition) is 5. The number of benzene rings is 1. The van der Waals surface area contributed by atoms with Crippen molar-refractivity contribution in [3.63, 3.8) is 0 Å². The van der Waals surface area contributed by atoms with Gasteiger partial charge in [-0.25, -0.2) is 9.78 Å². The lowest BCUT2D eigenvalue weighted by atomic mass is 10.1. The zero-order valence-corrected chi connectivity index (χ0v) is 15.9. The van der Waals surface area contributed by atoms with E-state index < -0.39 is 5.97 Å². The van der Waals surface area contributed by atoms with Crippen molar-refractivity contribution in [1.29, 1.82) is 0 Å². The number of aromatic nitrogens is 3. The Morgan fingerprint density at radius 2 is 1.92 bits per heavy atom. The predicted octanol–water partition coefficient (Wildman–Crippen LogP) is 3.21. The van der Waals surface area contributed by atoms with Gasteiger partial charge in [0.25, 0.3) is 5.56 Å². The van der Waals surface area contributed by atoms with E-state index in [0.29, 0.717) is 27.2 Å². The fourth-order valence-electron chi connectivity index (χ4n) is 2.62. The van der Waals surface area contributed by atoms with Crippen LogP contribution in [0.1, 0.15) is 21.7 Å². The molecule has 0 N–H and O–H groups in total. The first-order valence-electron chi connectivity index (χ1n) is 7.87. The lowest BCUT2D eigenvalue weighted by Crippen LogP contribution is -2.24. The van der Waals surface area contributed by atoms with Crippen LogP contribution in [0.5, 0.6) is 0 Å². The number of nitrogens with zero attached hydrogens (tertiary/aromatic N) is 3. The highest BCUT2D eigenvalue weighted by molar-refractivity contribution is 9.10. The predicted molar refractivity (Wildman–Crippen MR) is 101 cm³/mol. The Kier molecular flexibility index (Phi) is 5.27. The number of esters is 1. The standard InChI is InChI=1S/C19H16BrN3O3/c1-12-15(19(25)26-2)9-8-14(22-12)11-23-17(13-6-4-3-5-7-13)21-10-16(20)18(23)24/h3-10H,11H2,1-2H3. The Morgan fingerprint density at radius 1 is 1.19 bits per heavy atom. The van der Waals surface area contributed by atoms with Gasteiger partial charge >= 0.3 is 5.97 Å². The van der Waals surface area contributed by atoms with Crippen molar-refractivity contribution >= 4 is 21.9 Å². The van der Waals surface area contributed by atoms with Crippen LogP contribution in [0.2, 0.25) is 0 Å². The summed E-state index contributed by atoms with van der Waals surface area (Å²) in [6.45, 7) is 1.97. The van der Waals surface area contributed by atoms with Crippen molar-refractivity contribution < 1.29 is 9.53 Å². The number of halogens is 1. The Balaban J connectivity index is 2.05. The lowest BCUT2D eigenvalue weighted by molar-refractivity contribution is 0.0599. The average molecular weight is 414 g/mol. The molecule has 6 nitrogen and oxygen atoms in total. The third-order valence-electron chi connectivity index (χ3n) is 3.91. The highest BCUT2D eigenvalue weighted by Gasteiger charge is 2.14. The van der Waals surface area contributed by atoms with E-state index >= 15 is 0 Å². The van der Waals surface area contributed by atoms with Crippen LogP contribution in [0.25, 0.3) is 11.4 Å². The van der Waals surface area contributed by atoms with E-state index in [1.54, 1.807) is 23.6 Å². The number of rotatable bonds is 4. The molecule has 0 unspecified atom stereocenters. The maximum Gasteiger partial charge on any atom is 0.339 e. The molecule has 0 spiro atoms. The lowest BCUT2D eigenvalue weighted by Gasteiger charge is -2.13. The molecule has 0 fully saturated rings. The number of carbonyl (C=O) groups excluding carboxylic acids is 1. The molecular weight excluding hydrogens is 398 g/mol. The first-order chi connectivity index (χ1) is 12.5. The van der Waals surface area contributed by atoms with E-state index in [9.17, 15) is 9.59 Å². The van der Waals surface area contributed by atoms with Gasteiger partial charge in [-0.05, 0) is 35.0 Å². The summed E-state index contributed by atoms with van der Waals surface area (Å²) in [5.41, 5.74) is 2.23. The van der Waals surface area contributed by atoms with Crippen molar-refractivity contribution in [2.75, 3.05) is 7.11 Å². The number of carbonyl (C=O) groups is 1. The average Bonchev–Trinajstić information content (AvgIpc) is 2.66. The molecule has 0 atom stereocenters. The molecular formula is C19H16BrN3O3. The maximum absolute atomic E-state index is 12.6. The number of aryl methyl sites for hydroxylation is 1. The van der Waals surface area contributed by atoms with Gasteiger partial charge in [-0.3, -0.25) is 14.3 Å². The van der Waals surface area contributed by atoms with Gasteiger partial charge < -0.3 is 4.74 Å². The van der Waals surface area contributed by atoms with Gasteiger partial charge in [-0.1, -0.05) is 30.3 Å². The molecule has 1 aromatic carbocycles. The van der Waals surface area contributed by atoms with Crippen molar-refractivity contribution in [2.45, 2.75) is 13.5 Å². The summed E-state index contributed by atoms with van der Waals surface area (Å²) >= 11 is 3.24. The fourth-order valence-corrected chi connectivity index (χ4v) is 2.94.